The Morgan fingerprint density at radius 1 is 1.50 bits per heavy atom. The van der Waals surface area contributed by atoms with Gasteiger partial charge in [0.1, 0.15) is 5.60 Å². The third-order valence-corrected chi connectivity index (χ3v) is 0.717. The van der Waals surface area contributed by atoms with E-state index in [0.29, 0.717) is 5.57 Å². The predicted molar refractivity (Wildman–Crippen MR) is 40.3 cm³/mol. The summed E-state index contributed by atoms with van der Waals surface area (Å²) in [5.74, 6) is -0.389. The highest BCUT2D eigenvalue weighted by Crippen LogP contribution is 2.08. The molecule has 0 bridgehead atoms. The zero-order valence-electron chi connectivity index (χ0n) is 6.73. The molecular formula is C8H13O2. The highest BCUT2D eigenvalue weighted by atomic mass is 16.6. The topological polar surface area (TPSA) is 26.3 Å². The molecule has 0 atom stereocenters. The van der Waals surface area contributed by atoms with E-state index >= 15 is 0 Å². The van der Waals surface area contributed by atoms with E-state index in [-0.39, 0.29) is 5.97 Å². The summed E-state index contributed by atoms with van der Waals surface area (Å²) in [6.45, 7) is 12.1. The van der Waals surface area contributed by atoms with Crippen molar-refractivity contribution in [1.82, 2.24) is 0 Å². The van der Waals surface area contributed by atoms with Crippen LogP contribution in [0.1, 0.15) is 20.8 Å². The molecule has 0 saturated heterocycles. The Morgan fingerprint density at radius 3 is 2.00 bits per heavy atom. The van der Waals surface area contributed by atoms with Gasteiger partial charge in [-0.05, 0) is 27.7 Å². The molecule has 0 aliphatic heterocycles. The highest BCUT2D eigenvalue weighted by molar-refractivity contribution is 5.87. The van der Waals surface area contributed by atoms with Crippen molar-refractivity contribution in [2.75, 3.05) is 0 Å². The molecular weight excluding hydrogens is 128 g/mol. The quantitative estimate of drug-likeness (QED) is 0.432. The van der Waals surface area contributed by atoms with E-state index in [1.807, 2.05) is 0 Å². The Morgan fingerprint density at radius 2 is 1.90 bits per heavy atom. The van der Waals surface area contributed by atoms with Gasteiger partial charge in [-0.1, -0.05) is 6.58 Å². The van der Waals surface area contributed by atoms with Crippen LogP contribution in [0.4, 0.5) is 0 Å². The number of rotatable bonds is 2. The molecule has 2 heteroatoms. The van der Waals surface area contributed by atoms with Gasteiger partial charge in [0.25, 0.3) is 0 Å². The third kappa shape index (κ3) is 4.13. The average Bonchev–Trinajstić information content (AvgIpc) is 1.60. The fourth-order valence-electron chi connectivity index (χ4n) is 0.338. The Labute approximate surface area is 61.9 Å². The lowest BCUT2D eigenvalue weighted by Gasteiger charge is -2.18. The van der Waals surface area contributed by atoms with Crippen LogP contribution in [0.15, 0.2) is 12.2 Å². The Balaban J connectivity index is 3.93. The summed E-state index contributed by atoms with van der Waals surface area (Å²) in [5, 5.41) is 0. The first-order chi connectivity index (χ1) is 4.33. The fourth-order valence-corrected chi connectivity index (χ4v) is 0.338. The van der Waals surface area contributed by atoms with E-state index in [4.69, 9.17) is 4.74 Å². The minimum Gasteiger partial charge on any atom is -0.456 e. The monoisotopic (exact) mass is 141 g/mol. The van der Waals surface area contributed by atoms with Gasteiger partial charge in [-0.3, -0.25) is 0 Å². The summed E-state index contributed by atoms with van der Waals surface area (Å²) in [6, 6.07) is 0. The lowest BCUT2D eigenvalue weighted by atomic mass is 10.2. The Kier molecular flexibility index (Phi) is 2.64. The summed E-state index contributed by atoms with van der Waals surface area (Å²) < 4.78 is 4.85. The summed E-state index contributed by atoms with van der Waals surface area (Å²) >= 11 is 0. The van der Waals surface area contributed by atoms with Crippen molar-refractivity contribution >= 4 is 5.97 Å². The van der Waals surface area contributed by atoms with Crippen LogP contribution in [-0.2, 0) is 9.53 Å². The summed E-state index contributed by atoms with van der Waals surface area (Å²) in [6.07, 6.45) is 0. The number of hydrogen-bond donors (Lipinski definition) is 0. The van der Waals surface area contributed by atoms with E-state index in [2.05, 4.69) is 13.5 Å². The van der Waals surface area contributed by atoms with Gasteiger partial charge >= 0.3 is 5.97 Å². The van der Waals surface area contributed by atoms with Gasteiger partial charge in [0.2, 0.25) is 0 Å². The molecule has 2 nitrogen and oxygen atoms in total. The number of hydrogen-bond acceptors (Lipinski definition) is 2. The van der Waals surface area contributed by atoms with Gasteiger partial charge in [-0.15, -0.1) is 0 Å². The van der Waals surface area contributed by atoms with E-state index in [9.17, 15) is 4.79 Å². The van der Waals surface area contributed by atoms with Crippen molar-refractivity contribution < 1.29 is 9.53 Å². The van der Waals surface area contributed by atoms with Gasteiger partial charge < -0.3 is 4.74 Å². The normalized spacial score (nSPS) is 10.8. The number of carbonyl (C=O) groups excluding carboxylic acids is 1. The van der Waals surface area contributed by atoms with Gasteiger partial charge in [-0.2, -0.15) is 0 Å². The number of carbonyl (C=O) groups is 1. The molecule has 0 rings (SSSR count). The van der Waals surface area contributed by atoms with Crippen LogP contribution < -0.4 is 0 Å². The predicted octanol–water partition coefficient (Wildman–Crippen LogP) is 1.72. The van der Waals surface area contributed by atoms with E-state index in [1.165, 1.54) is 0 Å². The second-order valence-corrected chi connectivity index (χ2v) is 2.93. The molecule has 0 aliphatic carbocycles. The van der Waals surface area contributed by atoms with Crippen LogP contribution in [0.5, 0.6) is 0 Å². The molecule has 1 radical (unpaired) electrons. The molecule has 0 aromatic rings. The molecule has 0 amide bonds. The smallest absolute Gasteiger partial charge is 0.333 e. The Bertz CT molecular complexity index is 151. The minimum absolute atomic E-state index is 0.389. The maximum atomic E-state index is 10.8. The molecule has 0 aromatic heterocycles. The summed E-state index contributed by atoms with van der Waals surface area (Å²) in [4.78, 5) is 10.8. The molecule has 0 N–H and O–H groups in total. The van der Waals surface area contributed by atoms with Crippen LogP contribution in [0, 0.1) is 6.92 Å². The first-order valence-electron chi connectivity index (χ1n) is 3.07. The van der Waals surface area contributed by atoms with Crippen LogP contribution in [0.25, 0.3) is 0 Å². The lowest BCUT2D eigenvalue weighted by Crippen LogP contribution is -2.24. The highest BCUT2D eigenvalue weighted by Gasteiger charge is 2.16. The van der Waals surface area contributed by atoms with Crippen molar-refractivity contribution in [3.8, 4) is 0 Å². The lowest BCUT2D eigenvalue weighted by molar-refractivity contribution is -0.147. The second-order valence-electron chi connectivity index (χ2n) is 2.93. The van der Waals surface area contributed by atoms with E-state index in [1.54, 1.807) is 20.8 Å². The van der Waals surface area contributed by atoms with E-state index < -0.39 is 5.60 Å². The molecule has 0 saturated carbocycles. The van der Waals surface area contributed by atoms with Gasteiger partial charge in [0.05, 0.1) is 0 Å². The fraction of sp³-hybridized carbons (Fsp3) is 0.500. The van der Waals surface area contributed by atoms with Gasteiger partial charge in [0, 0.05) is 5.57 Å². The average molecular weight is 141 g/mol. The third-order valence-electron chi connectivity index (χ3n) is 0.717. The van der Waals surface area contributed by atoms with Crippen molar-refractivity contribution in [3.63, 3.8) is 0 Å². The molecule has 0 spiro atoms. The molecule has 0 fully saturated rings. The zero-order chi connectivity index (χ0) is 8.36. The van der Waals surface area contributed by atoms with Crippen LogP contribution in [0.2, 0.25) is 0 Å². The number of esters is 1. The van der Waals surface area contributed by atoms with Crippen molar-refractivity contribution in [1.29, 1.82) is 0 Å². The summed E-state index contributed by atoms with van der Waals surface area (Å²) in [5.41, 5.74) is -0.257. The second kappa shape index (κ2) is 2.86. The van der Waals surface area contributed by atoms with Gasteiger partial charge in [0.15, 0.2) is 0 Å². The molecule has 0 unspecified atom stereocenters. The largest absolute Gasteiger partial charge is 0.456 e. The number of ether oxygens (including phenoxy) is 1. The molecule has 10 heavy (non-hydrogen) atoms. The molecule has 0 aliphatic rings. The molecule has 0 heterocycles. The maximum absolute atomic E-state index is 10.8. The van der Waals surface area contributed by atoms with Gasteiger partial charge in [-0.25, -0.2) is 4.79 Å². The SMILES string of the molecule is [CH2]C(C)(C)OC(=O)C(=C)C. The first kappa shape index (κ1) is 9.21. The molecule has 0 aromatic carbocycles. The van der Waals surface area contributed by atoms with Crippen LogP contribution in [-0.4, -0.2) is 11.6 Å². The summed E-state index contributed by atoms with van der Waals surface area (Å²) in [7, 11) is 0. The first-order valence-corrected chi connectivity index (χ1v) is 3.07. The van der Waals surface area contributed by atoms with E-state index in [0.717, 1.165) is 0 Å². The zero-order valence-corrected chi connectivity index (χ0v) is 6.73. The molecule has 57 valence electrons. The van der Waals surface area contributed by atoms with Crippen molar-refractivity contribution in [3.05, 3.63) is 19.1 Å². The van der Waals surface area contributed by atoms with Crippen LogP contribution >= 0.6 is 0 Å². The van der Waals surface area contributed by atoms with Crippen molar-refractivity contribution in [2.24, 2.45) is 0 Å². The Hall–Kier alpha value is -0.790. The van der Waals surface area contributed by atoms with Crippen molar-refractivity contribution in [2.45, 2.75) is 26.4 Å². The maximum Gasteiger partial charge on any atom is 0.333 e. The van der Waals surface area contributed by atoms with Crippen LogP contribution in [0.3, 0.4) is 0 Å². The minimum atomic E-state index is -0.657. The standard InChI is InChI=1S/C8H13O2/c1-6(2)7(9)10-8(3,4)5/h1,3H2,2,4-5H3.